The van der Waals surface area contributed by atoms with Crippen molar-refractivity contribution in [2.75, 3.05) is 20.3 Å². The van der Waals surface area contributed by atoms with Crippen LogP contribution in [0, 0.1) is 0 Å². The number of nitrogens with zero attached hydrogens (tertiary/aromatic N) is 2. The van der Waals surface area contributed by atoms with Gasteiger partial charge in [-0.3, -0.25) is 4.79 Å². The van der Waals surface area contributed by atoms with E-state index in [0.717, 1.165) is 28.8 Å². The van der Waals surface area contributed by atoms with E-state index in [2.05, 4.69) is 22.1 Å². The van der Waals surface area contributed by atoms with Crippen LogP contribution in [0.25, 0.3) is 22.4 Å². The van der Waals surface area contributed by atoms with Crippen molar-refractivity contribution in [2.24, 2.45) is 0 Å². The largest absolute Gasteiger partial charge is 0.493 e. The van der Waals surface area contributed by atoms with Gasteiger partial charge in [-0.1, -0.05) is 36.4 Å². The summed E-state index contributed by atoms with van der Waals surface area (Å²) < 4.78 is 11.3. The Bertz CT molecular complexity index is 1210. The van der Waals surface area contributed by atoms with Crippen molar-refractivity contribution in [1.82, 2.24) is 14.9 Å². The van der Waals surface area contributed by atoms with Crippen molar-refractivity contribution in [3.8, 4) is 22.9 Å². The van der Waals surface area contributed by atoms with Gasteiger partial charge in [-0.15, -0.1) is 0 Å². The predicted octanol–water partition coefficient (Wildman–Crippen LogP) is 4.20. The average molecular weight is 413 g/mol. The quantitative estimate of drug-likeness (QED) is 0.532. The fourth-order valence-corrected chi connectivity index (χ4v) is 3.96. The molecule has 31 heavy (non-hydrogen) atoms. The topological polar surface area (TPSA) is 67.5 Å². The van der Waals surface area contributed by atoms with Gasteiger partial charge in [0.05, 0.1) is 18.1 Å². The zero-order valence-corrected chi connectivity index (χ0v) is 17.3. The van der Waals surface area contributed by atoms with Gasteiger partial charge in [0.25, 0.3) is 5.91 Å². The van der Waals surface area contributed by atoms with Crippen molar-refractivity contribution in [2.45, 2.75) is 13.0 Å². The normalized spacial score (nSPS) is 13.1. The minimum absolute atomic E-state index is 0.0253. The predicted molar refractivity (Wildman–Crippen MR) is 119 cm³/mol. The Labute approximate surface area is 180 Å². The Morgan fingerprint density at radius 2 is 1.84 bits per heavy atom. The van der Waals surface area contributed by atoms with Crippen molar-refractivity contribution in [1.29, 1.82) is 0 Å². The van der Waals surface area contributed by atoms with Gasteiger partial charge in [-0.25, -0.2) is 4.98 Å². The van der Waals surface area contributed by atoms with Crippen LogP contribution in [-0.4, -0.2) is 41.0 Å². The maximum absolute atomic E-state index is 12.7. The number of aromatic amines is 1. The number of amides is 1. The molecular formula is C25H23N3O3. The first-order chi connectivity index (χ1) is 15.2. The van der Waals surface area contributed by atoms with Gasteiger partial charge in [0, 0.05) is 18.7 Å². The Kier molecular flexibility index (Phi) is 5.04. The lowest BCUT2D eigenvalue weighted by Gasteiger charge is -2.28. The number of rotatable bonds is 5. The number of nitrogens with one attached hydrogen (secondary N) is 1. The minimum atomic E-state index is -0.0297. The first kappa shape index (κ1) is 19.2. The van der Waals surface area contributed by atoms with Crippen LogP contribution in [0.2, 0.25) is 0 Å². The fourth-order valence-electron chi connectivity index (χ4n) is 3.96. The van der Waals surface area contributed by atoms with Crippen LogP contribution in [0.15, 0.2) is 66.7 Å². The van der Waals surface area contributed by atoms with E-state index in [1.165, 1.54) is 11.1 Å². The fraction of sp³-hybridized carbons (Fsp3) is 0.200. The number of para-hydroxylation sites is 2. The molecule has 0 spiro atoms. The molecule has 1 aromatic heterocycles. The summed E-state index contributed by atoms with van der Waals surface area (Å²) in [7, 11) is 1.59. The number of benzene rings is 3. The molecule has 3 aromatic carbocycles. The van der Waals surface area contributed by atoms with Crippen LogP contribution in [0.1, 0.15) is 11.1 Å². The number of methoxy groups -OCH3 is 1. The molecule has 1 aliphatic heterocycles. The minimum Gasteiger partial charge on any atom is -0.493 e. The zero-order chi connectivity index (χ0) is 21.2. The Morgan fingerprint density at radius 1 is 1.03 bits per heavy atom. The molecule has 4 aromatic rings. The summed E-state index contributed by atoms with van der Waals surface area (Å²) in [4.78, 5) is 22.5. The highest BCUT2D eigenvalue weighted by molar-refractivity contribution is 5.80. The standard InChI is InChI=1S/C25H23N3O3/c1-30-23-14-18(25-26-20-8-4-5-9-21(20)27-25)10-11-22(23)31-16-24(29)28-13-12-17-6-2-3-7-19(17)15-28/h2-11,14H,12-13,15-16H2,1H3,(H,26,27). The number of carbonyl (C=O) groups excluding carboxylic acids is 1. The van der Waals surface area contributed by atoms with Crippen molar-refractivity contribution in [3.63, 3.8) is 0 Å². The second-order valence-corrected chi connectivity index (χ2v) is 7.59. The third-order valence-corrected chi connectivity index (χ3v) is 5.66. The number of fused-ring (bicyclic) bond motifs is 2. The maximum Gasteiger partial charge on any atom is 0.260 e. The molecule has 1 N–H and O–H groups in total. The molecule has 0 saturated heterocycles. The summed E-state index contributed by atoms with van der Waals surface area (Å²) in [6, 6.07) is 21.8. The number of ether oxygens (including phenoxy) is 2. The molecule has 1 aliphatic rings. The molecule has 0 bridgehead atoms. The molecule has 0 saturated carbocycles. The van der Waals surface area contributed by atoms with Crippen molar-refractivity contribution in [3.05, 3.63) is 77.9 Å². The monoisotopic (exact) mass is 413 g/mol. The number of hydrogen-bond acceptors (Lipinski definition) is 4. The first-order valence-electron chi connectivity index (χ1n) is 10.3. The highest BCUT2D eigenvalue weighted by Gasteiger charge is 2.21. The molecule has 5 rings (SSSR count). The first-order valence-corrected chi connectivity index (χ1v) is 10.3. The summed E-state index contributed by atoms with van der Waals surface area (Å²) in [5.74, 6) is 1.83. The molecule has 156 valence electrons. The van der Waals surface area contributed by atoms with Gasteiger partial charge in [-0.2, -0.15) is 0 Å². The van der Waals surface area contributed by atoms with Crippen LogP contribution in [0.4, 0.5) is 0 Å². The molecule has 0 aliphatic carbocycles. The highest BCUT2D eigenvalue weighted by atomic mass is 16.5. The van der Waals surface area contributed by atoms with Crippen LogP contribution >= 0.6 is 0 Å². The maximum atomic E-state index is 12.7. The van der Waals surface area contributed by atoms with Gasteiger partial charge >= 0.3 is 0 Å². The van der Waals surface area contributed by atoms with Gasteiger partial charge in [0.15, 0.2) is 18.1 Å². The number of hydrogen-bond donors (Lipinski definition) is 1. The summed E-state index contributed by atoms with van der Waals surface area (Å²) in [6.45, 7) is 1.31. The lowest BCUT2D eigenvalue weighted by atomic mass is 10.00. The number of H-pyrrole nitrogens is 1. The molecule has 6 heteroatoms. The van der Waals surface area contributed by atoms with E-state index in [4.69, 9.17) is 9.47 Å². The summed E-state index contributed by atoms with van der Waals surface area (Å²) in [5, 5.41) is 0. The van der Waals surface area contributed by atoms with Gasteiger partial charge in [-0.05, 0) is 47.9 Å². The van der Waals surface area contributed by atoms with Crippen LogP contribution in [0.5, 0.6) is 11.5 Å². The second kappa shape index (κ2) is 8.14. The van der Waals surface area contributed by atoms with Crippen LogP contribution < -0.4 is 9.47 Å². The van der Waals surface area contributed by atoms with E-state index in [1.807, 2.05) is 59.5 Å². The molecule has 1 amide bonds. The Hall–Kier alpha value is -3.80. The summed E-state index contributed by atoms with van der Waals surface area (Å²) >= 11 is 0. The van der Waals surface area contributed by atoms with Gasteiger partial charge < -0.3 is 19.4 Å². The van der Waals surface area contributed by atoms with Crippen LogP contribution in [0.3, 0.4) is 0 Å². The number of carbonyl (C=O) groups is 1. The molecule has 2 heterocycles. The highest BCUT2D eigenvalue weighted by Crippen LogP contribution is 2.32. The third kappa shape index (κ3) is 3.84. The Balaban J connectivity index is 1.29. The second-order valence-electron chi connectivity index (χ2n) is 7.59. The van der Waals surface area contributed by atoms with E-state index in [-0.39, 0.29) is 12.5 Å². The average Bonchev–Trinajstić information content (AvgIpc) is 3.26. The Morgan fingerprint density at radius 3 is 2.68 bits per heavy atom. The summed E-state index contributed by atoms with van der Waals surface area (Å²) in [6.07, 6.45) is 0.872. The lowest BCUT2D eigenvalue weighted by molar-refractivity contribution is -0.134. The molecule has 0 atom stereocenters. The smallest absolute Gasteiger partial charge is 0.260 e. The molecular weight excluding hydrogens is 390 g/mol. The van der Waals surface area contributed by atoms with Crippen molar-refractivity contribution >= 4 is 16.9 Å². The number of aromatic nitrogens is 2. The van der Waals surface area contributed by atoms with E-state index < -0.39 is 0 Å². The van der Waals surface area contributed by atoms with Crippen LogP contribution in [-0.2, 0) is 17.8 Å². The van der Waals surface area contributed by atoms with E-state index in [1.54, 1.807) is 7.11 Å². The number of imidazole rings is 1. The lowest BCUT2D eigenvalue weighted by Crippen LogP contribution is -2.38. The molecule has 6 nitrogen and oxygen atoms in total. The zero-order valence-electron chi connectivity index (χ0n) is 17.3. The van der Waals surface area contributed by atoms with Crippen molar-refractivity contribution < 1.29 is 14.3 Å². The van der Waals surface area contributed by atoms with E-state index >= 15 is 0 Å². The SMILES string of the molecule is COc1cc(-c2nc3ccccc3[nH]2)ccc1OCC(=O)N1CCc2ccccc2C1. The summed E-state index contributed by atoms with van der Waals surface area (Å²) in [5.41, 5.74) is 5.29. The molecule has 0 radical (unpaired) electrons. The molecule has 0 fully saturated rings. The third-order valence-electron chi connectivity index (χ3n) is 5.66. The van der Waals surface area contributed by atoms with Gasteiger partial charge in [0.1, 0.15) is 5.82 Å². The van der Waals surface area contributed by atoms with Gasteiger partial charge in [0.2, 0.25) is 0 Å². The van der Waals surface area contributed by atoms with E-state index in [9.17, 15) is 4.79 Å². The van der Waals surface area contributed by atoms with E-state index in [0.29, 0.717) is 24.6 Å². The molecule has 0 unspecified atom stereocenters.